The van der Waals surface area contributed by atoms with E-state index in [9.17, 15) is 4.79 Å². The fourth-order valence-electron chi connectivity index (χ4n) is 3.79. The average molecular weight is 426 g/mol. The molecule has 1 aliphatic rings. The Morgan fingerprint density at radius 1 is 1.07 bits per heavy atom. The highest BCUT2D eigenvalue weighted by Crippen LogP contribution is 2.28. The zero-order valence-electron chi connectivity index (χ0n) is 16.2. The first-order chi connectivity index (χ1) is 14.2. The predicted molar refractivity (Wildman–Crippen MR) is 120 cm³/mol. The maximum atomic E-state index is 13.2. The van der Waals surface area contributed by atoms with Gasteiger partial charge in [0.05, 0.1) is 0 Å². The number of rotatable bonds is 6. The van der Waals surface area contributed by atoms with Gasteiger partial charge in [-0.2, -0.15) is 0 Å². The van der Waals surface area contributed by atoms with E-state index in [4.69, 9.17) is 11.6 Å². The SMILES string of the molecule is O=C(Nc1ncc(Cc2ccccc2Cl)s1)C(c1ccccc1)N1CCCCC1. The number of nitrogens with one attached hydrogen (secondary N) is 1. The molecule has 0 saturated carbocycles. The van der Waals surface area contributed by atoms with E-state index in [2.05, 4.69) is 15.2 Å². The van der Waals surface area contributed by atoms with Crippen molar-refractivity contribution in [3.63, 3.8) is 0 Å². The van der Waals surface area contributed by atoms with Crippen molar-refractivity contribution >= 4 is 34.0 Å². The second kappa shape index (κ2) is 9.53. The zero-order chi connectivity index (χ0) is 20.1. The van der Waals surface area contributed by atoms with Crippen molar-refractivity contribution in [3.05, 3.63) is 81.8 Å². The number of hydrogen-bond acceptors (Lipinski definition) is 4. The molecule has 2 heterocycles. The summed E-state index contributed by atoms with van der Waals surface area (Å²) in [5, 5.41) is 4.44. The standard InChI is InChI=1S/C23H24ClN3OS/c24-20-12-6-5-11-18(20)15-19-16-25-23(29-19)26-22(28)21(17-9-3-1-4-10-17)27-13-7-2-8-14-27/h1,3-6,9-12,16,21H,2,7-8,13-15H2,(H,25,26,28). The summed E-state index contributed by atoms with van der Waals surface area (Å²) in [5.74, 6) is -0.0169. The summed E-state index contributed by atoms with van der Waals surface area (Å²) in [6.07, 6.45) is 6.03. The third-order valence-corrected chi connectivity index (χ3v) is 6.51. The number of nitrogens with zero attached hydrogens (tertiary/aromatic N) is 2. The number of thiazole rings is 1. The van der Waals surface area contributed by atoms with E-state index in [1.165, 1.54) is 17.8 Å². The number of carbonyl (C=O) groups excluding carboxylic acids is 1. The molecule has 1 atom stereocenters. The van der Waals surface area contributed by atoms with Gasteiger partial charge in [-0.3, -0.25) is 9.69 Å². The smallest absolute Gasteiger partial charge is 0.248 e. The molecule has 2 aromatic carbocycles. The van der Waals surface area contributed by atoms with Gasteiger partial charge in [0.1, 0.15) is 6.04 Å². The molecule has 4 rings (SSSR count). The molecule has 0 aliphatic carbocycles. The third kappa shape index (κ3) is 5.04. The second-order valence-corrected chi connectivity index (χ2v) is 8.82. The van der Waals surface area contributed by atoms with E-state index >= 15 is 0 Å². The summed E-state index contributed by atoms with van der Waals surface area (Å²) in [6.45, 7) is 1.89. The average Bonchev–Trinajstić information content (AvgIpc) is 3.18. The Balaban J connectivity index is 1.49. The topological polar surface area (TPSA) is 45.2 Å². The van der Waals surface area contributed by atoms with Crippen LogP contribution in [0.3, 0.4) is 0 Å². The van der Waals surface area contributed by atoms with Gasteiger partial charge in [0.2, 0.25) is 5.91 Å². The largest absolute Gasteiger partial charge is 0.300 e. The number of likely N-dealkylation sites (tertiary alicyclic amines) is 1. The Hall–Kier alpha value is -2.21. The Bertz CT molecular complexity index is 954. The summed E-state index contributed by atoms with van der Waals surface area (Å²) in [5.41, 5.74) is 2.09. The van der Waals surface area contributed by atoms with Crippen LogP contribution in [0.1, 0.15) is 41.3 Å². The third-order valence-electron chi connectivity index (χ3n) is 5.23. The lowest BCUT2D eigenvalue weighted by Gasteiger charge is -2.33. The summed E-state index contributed by atoms with van der Waals surface area (Å²) in [6, 6.07) is 17.6. The molecule has 1 aromatic heterocycles. The highest BCUT2D eigenvalue weighted by atomic mass is 35.5. The van der Waals surface area contributed by atoms with Gasteiger partial charge in [-0.05, 0) is 43.1 Å². The first kappa shape index (κ1) is 20.1. The normalized spacial score (nSPS) is 15.8. The van der Waals surface area contributed by atoms with Crippen molar-refractivity contribution in [1.29, 1.82) is 0 Å². The van der Waals surface area contributed by atoms with Gasteiger partial charge in [-0.25, -0.2) is 4.98 Å². The maximum Gasteiger partial charge on any atom is 0.248 e. The Kier molecular flexibility index (Phi) is 6.60. The van der Waals surface area contributed by atoms with Crippen molar-refractivity contribution in [2.75, 3.05) is 18.4 Å². The Morgan fingerprint density at radius 3 is 2.55 bits per heavy atom. The van der Waals surface area contributed by atoms with E-state index in [0.717, 1.165) is 47.0 Å². The quantitative estimate of drug-likeness (QED) is 0.562. The highest BCUT2D eigenvalue weighted by Gasteiger charge is 2.29. The van der Waals surface area contributed by atoms with E-state index in [0.29, 0.717) is 11.6 Å². The van der Waals surface area contributed by atoms with Crippen LogP contribution in [0.4, 0.5) is 5.13 Å². The molecule has 1 aliphatic heterocycles. The van der Waals surface area contributed by atoms with Crippen molar-refractivity contribution < 1.29 is 4.79 Å². The summed E-state index contributed by atoms with van der Waals surface area (Å²) in [4.78, 5) is 21.0. The van der Waals surface area contributed by atoms with Crippen LogP contribution in [0.15, 0.2) is 60.8 Å². The van der Waals surface area contributed by atoms with Crippen LogP contribution in [0.5, 0.6) is 0 Å². The molecular weight excluding hydrogens is 402 g/mol. The molecule has 1 fully saturated rings. The van der Waals surface area contributed by atoms with Gasteiger partial charge in [-0.1, -0.05) is 66.6 Å². The first-order valence-corrected chi connectivity index (χ1v) is 11.2. The van der Waals surface area contributed by atoms with Crippen LogP contribution in [0.2, 0.25) is 5.02 Å². The van der Waals surface area contributed by atoms with Gasteiger partial charge >= 0.3 is 0 Å². The second-order valence-electron chi connectivity index (χ2n) is 7.30. The molecule has 3 aromatic rings. The van der Waals surface area contributed by atoms with Crippen molar-refractivity contribution in [2.24, 2.45) is 0 Å². The monoisotopic (exact) mass is 425 g/mol. The highest BCUT2D eigenvalue weighted by molar-refractivity contribution is 7.15. The van der Waals surface area contributed by atoms with Crippen LogP contribution >= 0.6 is 22.9 Å². The maximum absolute atomic E-state index is 13.2. The molecule has 0 radical (unpaired) electrons. The Labute approximate surface area is 180 Å². The summed E-state index contributed by atoms with van der Waals surface area (Å²) in [7, 11) is 0. The molecule has 29 heavy (non-hydrogen) atoms. The van der Waals surface area contributed by atoms with Crippen molar-refractivity contribution in [3.8, 4) is 0 Å². The van der Waals surface area contributed by atoms with Crippen molar-refractivity contribution in [1.82, 2.24) is 9.88 Å². The van der Waals surface area contributed by atoms with Crippen LogP contribution in [0.25, 0.3) is 0 Å². The van der Waals surface area contributed by atoms with Gasteiger partial charge < -0.3 is 5.32 Å². The molecule has 1 N–H and O–H groups in total. The number of anilines is 1. The predicted octanol–water partition coefficient (Wildman–Crippen LogP) is 5.55. The fourth-order valence-corrected chi connectivity index (χ4v) is 4.83. The lowest BCUT2D eigenvalue weighted by atomic mass is 10.0. The van der Waals surface area contributed by atoms with Crippen molar-refractivity contribution in [2.45, 2.75) is 31.7 Å². The molecule has 1 unspecified atom stereocenters. The molecule has 150 valence electrons. The minimum Gasteiger partial charge on any atom is -0.300 e. The van der Waals surface area contributed by atoms with E-state index in [1.807, 2.05) is 60.8 Å². The summed E-state index contributed by atoms with van der Waals surface area (Å²) >= 11 is 7.77. The van der Waals surface area contributed by atoms with Crippen LogP contribution in [0, 0.1) is 0 Å². The number of benzene rings is 2. The number of piperidine rings is 1. The van der Waals surface area contributed by atoms with Gasteiger partial charge in [-0.15, -0.1) is 11.3 Å². The number of carbonyl (C=O) groups is 1. The molecule has 0 spiro atoms. The van der Waals surface area contributed by atoms with Crippen LogP contribution in [-0.2, 0) is 11.2 Å². The minimum atomic E-state index is -0.285. The van der Waals surface area contributed by atoms with Gasteiger partial charge in [0, 0.05) is 22.5 Å². The fraction of sp³-hybridized carbons (Fsp3) is 0.304. The molecule has 1 saturated heterocycles. The number of amides is 1. The molecule has 6 heteroatoms. The summed E-state index contributed by atoms with van der Waals surface area (Å²) < 4.78 is 0. The zero-order valence-corrected chi connectivity index (χ0v) is 17.8. The van der Waals surface area contributed by atoms with Gasteiger partial charge in [0.15, 0.2) is 5.13 Å². The molecular formula is C23H24ClN3OS. The number of halogens is 1. The van der Waals surface area contributed by atoms with E-state index in [-0.39, 0.29) is 11.9 Å². The van der Waals surface area contributed by atoms with Crippen LogP contribution in [-0.4, -0.2) is 28.9 Å². The van der Waals surface area contributed by atoms with E-state index in [1.54, 1.807) is 0 Å². The van der Waals surface area contributed by atoms with Gasteiger partial charge in [0.25, 0.3) is 0 Å². The lowest BCUT2D eigenvalue weighted by molar-refractivity contribution is -0.122. The van der Waals surface area contributed by atoms with E-state index < -0.39 is 0 Å². The first-order valence-electron chi connectivity index (χ1n) is 9.98. The molecule has 1 amide bonds. The molecule has 4 nitrogen and oxygen atoms in total. The number of hydrogen-bond donors (Lipinski definition) is 1. The Morgan fingerprint density at radius 2 is 1.79 bits per heavy atom. The lowest BCUT2D eigenvalue weighted by Crippen LogP contribution is -2.40. The van der Waals surface area contributed by atoms with Crippen LogP contribution < -0.4 is 5.32 Å². The minimum absolute atomic E-state index is 0.0169. The number of aromatic nitrogens is 1. The molecule has 0 bridgehead atoms.